The van der Waals surface area contributed by atoms with Crippen molar-refractivity contribution in [3.05, 3.63) is 63.6 Å². The maximum Gasteiger partial charge on any atom is 0.407 e. The molecule has 0 fully saturated rings. The quantitative estimate of drug-likeness (QED) is 0.0883. The molecule has 48 heavy (non-hydrogen) atoms. The van der Waals surface area contributed by atoms with Gasteiger partial charge in [0.15, 0.2) is 0 Å². The number of cyclic esters (lactones) is 1. The number of carbonyl (C=O) groups is 4. The first-order valence-corrected chi connectivity index (χ1v) is 19.0. The molecular weight excluding hydrogens is 634 g/mol. The van der Waals surface area contributed by atoms with Crippen LogP contribution in [0.25, 0.3) is 22.3 Å². The van der Waals surface area contributed by atoms with Crippen molar-refractivity contribution in [1.29, 1.82) is 0 Å². The van der Waals surface area contributed by atoms with Crippen molar-refractivity contribution < 1.29 is 38.1 Å². The van der Waals surface area contributed by atoms with E-state index in [4.69, 9.17) is 23.9 Å². The highest BCUT2D eigenvalue weighted by molar-refractivity contribution is 6.95. The Morgan fingerprint density at radius 1 is 1.17 bits per heavy atom. The van der Waals surface area contributed by atoms with Crippen LogP contribution >= 0.6 is 0 Å². The predicted molar refractivity (Wildman–Crippen MR) is 180 cm³/mol. The molecule has 1 unspecified atom stereocenters. The van der Waals surface area contributed by atoms with Crippen LogP contribution in [0, 0.1) is 0 Å². The average Bonchev–Trinajstić information content (AvgIpc) is 3.36. The molecular formula is C35H41N3O9Si. The molecule has 0 aliphatic carbocycles. The number of fused-ring (bicyclic) bond motifs is 5. The summed E-state index contributed by atoms with van der Waals surface area (Å²) in [6, 6.07) is 6.97. The fourth-order valence-electron chi connectivity index (χ4n) is 6.27. The molecule has 1 N–H and O–H groups in total. The minimum absolute atomic E-state index is 0.0300. The topological polar surface area (TPSA) is 152 Å². The summed E-state index contributed by atoms with van der Waals surface area (Å²) in [5, 5.41) is 4.42. The van der Waals surface area contributed by atoms with Crippen molar-refractivity contribution in [3.8, 4) is 17.1 Å². The van der Waals surface area contributed by atoms with Gasteiger partial charge >= 0.3 is 24.0 Å². The van der Waals surface area contributed by atoms with Gasteiger partial charge in [0.25, 0.3) is 5.56 Å². The lowest BCUT2D eigenvalue weighted by Crippen LogP contribution is -2.47. The number of nitrogens with zero attached hydrogens (tertiary/aromatic N) is 2. The molecule has 254 valence electrons. The second-order valence-corrected chi connectivity index (χ2v) is 17.9. The molecule has 0 bridgehead atoms. The van der Waals surface area contributed by atoms with E-state index in [1.807, 2.05) is 5.70 Å². The number of pyridine rings is 2. The largest absolute Gasteiger partial charge is 0.457 e. The molecule has 2 aromatic heterocycles. The molecule has 4 heterocycles. The second-order valence-electron chi connectivity index (χ2n) is 13.6. The fourth-order valence-corrected chi connectivity index (χ4v) is 8.34. The first kappa shape index (κ1) is 34.5. The summed E-state index contributed by atoms with van der Waals surface area (Å²) in [6.45, 7) is 16.8. The summed E-state index contributed by atoms with van der Waals surface area (Å²) < 4.78 is 23.6. The van der Waals surface area contributed by atoms with Crippen LogP contribution in [0.2, 0.25) is 13.1 Å². The molecule has 3 aromatic rings. The molecule has 13 heteroatoms. The molecule has 0 saturated heterocycles. The number of amides is 1. The third-order valence-electron chi connectivity index (χ3n) is 8.56. The van der Waals surface area contributed by atoms with Crippen molar-refractivity contribution in [2.75, 3.05) is 6.54 Å². The minimum atomic E-state index is -2.34. The van der Waals surface area contributed by atoms with Crippen LogP contribution < -0.4 is 20.8 Å². The van der Waals surface area contributed by atoms with Gasteiger partial charge in [-0.1, -0.05) is 25.7 Å². The van der Waals surface area contributed by atoms with Crippen molar-refractivity contribution in [2.24, 2.45) is 0 Å². The van der Waals surface area contributed by atoms with Crippen molar-refractivity contribution >= 4 is 48.2 Å². The Kier molecular flexibility index (Phi) is 9.12. The lowest BCUT2D eigenvalue weighted by Gasteiger charge is -2.35. The van der Waals surface area contributed by atoms with Gasteiger partial charge in [-0.05, 0) is 63.1 Å². The number of aromatic nitrogens is 2. The van der Waals surface area contributed by atoms with Gasteiger partial charge < -0.3 is 28.8 Å². The lowest BCUT2D eigenvalue weighted by atomic mass is 9.85. The number of nitrogens with one attached hydrogen (secondary N) is 1. The molecule has 1 aromatic carbocycles. The highest BCUT2D eigenvalue weighted by Crippen LogP contribution is 2.41. The zero-order valence-electron chi connectivity index (χ0n) is 28.4. The maximum atomic E-state index is 14.1. The number of hydrogen-bond acceptors (Lipinski definition) is 10. The van der Waals surface area contributed by atoms with Gasteiger partial charge in [-0.15, -0.1) is 6.58 Å². The summed E-state index contributed by atoms with van der Waals surface area (Å²) in [4.78, 5) is 69.3. The van der Waals surface area contributed by atoms with Gasteiger partial charge in [0.05, 0.1) is 29.0 Å². The van der Waals surface area contributed by atoms with Crippen LogP contribution in [0.4, 0.5) is 4.79 Å². The van der Waals surface area contributed by atoms with E-state index in [9.17, 15) is 24.0 Å². The number of carbonyl (C=O) groups excluding carboxylic acids is 4. The molecule has 2 aliphatic heterocycles. The molecule has 1 amide bonds. The normalized spacial score (nSPS) is 16.7. The number of ether oxygens (including phenoxy) is 4. The third kappa shape index (κ3) is 6.38. The van der Waals surface area contributed by atoms with Crippen LogP contribution in [-0.2, 0) is 47.3 Å². The van der Waals surface area contributed by atoms with Crippen molar-refractivity contribution in [1.82, 2.24) is 14.9 Å². The molecule has 0 spiro atoms. The standard InChI is InChI=1S/C35H41N3O9Si/c1-9-35(46-28(40)12-11-15-36-33(43)47-34(4,5)6)25-17-27-29-23(18-38(27)31(41)24(25)19-44-32(35)42)30(48(7,8)10-2)22-16-21(45-20(3)39)13-14-26(22)37-29/h10,13-14,16-17H,2,9,11-12,15,18-19H2,1,3-8H3,(H,36,43). The maximum absolute atomic E-state index is 14.1. The van der Waals surface area contributed by atoms with Gasteiger partial charge in [-0.3, -0.25) is 14.4 Å². The van der Waals surface area contributed by atoms with Crippen LogP contribution in [0.15, 0.2) is 41.3 Å². The number of esters is 3. The minimum Gasteiger partial charge on any atom is -0.457 e. The van der Waals surface area contributed by atoms with E-state index in [0.717, 1.165) is 16.1 Å². The second kappa shape index (κ2) is 12.7. The average molecular weight is 676 g/mol. The lowest BCUT2D eigenvalue weighted by molar-refractivity contribution is -0.189. The summed E-state index contributed by atoms with van der Waals surface area (Å²) in [7, 11) is -2.34. The van der Waals surface area contributed by atoms with Crippen LogP contribution in [-0.4, -0.2) is 53.8 Å². The van der Waals surface area contributed by atoms with Gasteiger partial charge in [0, 0.05) is 36.4 Å². The van der Waals surface area contributed by atoms with Gasteiger partial charge in [-0.25, -0.2) is 14.6 Å². The predicted octanol–water partition coefficient (Wildman–Crippen LogP) is 4.50. The molecule has 1 atom stereocenters. The Hall–Kier alpha value is -4.78. The third-order valence-corrected chi connectivity index (χ3v) is 11.4. The summed E-state index contributed by atoms with van der Waals surface area (Å²) in [6.07, 6.45) is -0.432. The molecule has 5 rings (SSSR count). The Labute approximate surface area is 279 Å². The number of rotatable bonds is 9. The number of benzene rings is 1. The molecule has 2 aliphatic rings. The SMILES string of the molecule is C=C[Si](C)(C)c1c2c(nc3ccc(OC(C)=O)cc13)-c1cc3c(c(=O)n1C2)COC(=O)C3(CC)OC(=O)CCCNC(=O)OC(C)(C)C. The van der Waals surface area contributed by atoms with Gasteiger partial charge in [0.2, 0.25) is 5.60 Å². The zero-order chi connectivity index (χ0) is 35.2. The van der Waals surface area contributed by atoms with Crippen molar-refractivity contribution in [3.63, 3.8) is 0 Å². The molecule has 0 radical (unpaired) electrons. The van der Waals surface area contributed by atoms with E-state index in [2.05, 4.69) is 25.0 Å². The summed E-state index contributed by atoms with van der Waals surface area (Å²) in [5.74, 6) is -1.49. The van der Waals surface area contributed by atoms with Crippen LogP contribution in [0.5, 0.6) is 5.75 Å². The van der Waals surface area contributed by atoms with Crippen LogP contribution in [0.3, 0.4) is 0 Å². The van der Waals surface area contributed by atoms with E-state index < -0.39 is 43.3 Å². The highest BCUT2D eigenvalue weighted by Gasteiger charge is 2.50. The summed E-state index contributed by atoms with van der Waals surface area (Å²) >= 11 is 0. The molecule has 0 saturated carbocycles. The van der Waals surface area contributed by atoms with Gasteiger partial charge in [-0.2, -0.15) is 0 Å². The van der Waals surface area contributed by atoms with Gasteiger partial charge in [0.1, 0.15) is 26.0 Å². The number of alkyl carbamates (subject to hydrolysis) is 1. The van der Waals surface area contributed by atoms with E-state index in [-0.39, 0.29) is 55.6 Å². The Balaban J connectivity index is 1.54. The Morgan fingerprint density at radius 3 is 2.54 bits per heavy atom. The highest BCUT2D eigenvalue weighted by atomic mass is 28.3. The van der Waals surface area contributed by atoms with E-state index in [1.54, 1.807) is 56.5 Å². The van der Waals surface area contributed by atoms with Crippen molar-refractivity contribution in [2.45, 2.75) is 91.3 Å². The van der Waals surface area contributed by atoms with E-state index in [1.165, 1.54) is 6.92 Å². The smallest absolute Gasteiger partial charge is 0.407 e. The summed E-state index contributed by atoms with van der Waals surface area (Å²) in [5.41, 5.74) is 2.18. The monoisotopic (exact) mass is 675 g/mol. The Morgan fingerprint density at radius 2 is 1.90 bits per heavy atom. The Bertz CT molecular complexity index is 1920. The molecule has 12 nitrogen and oxygen atoms in total. The number of hydrogen-bond donors (Lipinski definition) is 1. The van der Waals surface area contributed by atoms with E-state index >= 15 is 0 Å². The zero-order valence-corrected chi connectivity index (χ0v) is 29.4. The van der Waals surface area contributed by atoms with Crippen LogP contribution in [0.1, 0.15) is 70.6 Å². The first-order valence-electron chi connectivity index (χ1n) is 15.9. The fraction of sp³-hybridized carbons (Fsp3) is 0.429. The van der Waals surface area contributed by atoms with E-state index in [0.29, 0.717) is 22.7 Å². The first-order chi connectivity index (χ1) is 22.5.